The Morgan fingerprint density at radius 3 is 2.50 bits per heavy atom. The van der Waals surface area contributed by atoms with E-state index in [1.165, 1.54) is 17.5 Å². The first kappa shape index (κ1) is 18.3. The van der Waals surface area contributed by atoms with Crippen LogP contribution in [0.5, 0.6) is 0 Å². The number of hydrogen-bond donors (Lipinski definition) is 1. The Labute approximate surface area is 163 Å². The number of fused-ring (bicyclic) bond motifs is 1. The van der Waals surface area contributed by atoms with E-state index in [1.54, 1.807) is 24.4 Å². The van der Waals surface area contributed by atoms with Gasteiger partial charge in [0.2, 0.25) is 0 Å². The van der Waals surface area contributed by atoms with E-state index in [4.69, 9.17) is 0 Å². The predicted molar refractivity (Wildman–Crippen MR) is 107 cm³/mol. The zero-order valence-electron chi connectivity index (χ0n) is 15.7. The number of pyridine rings is 1. The van der Waals surface area contributed by atoms with Crippen LogP contribution in [0, 0.1) is 0 Å². The second kappa shape index (κ2) is 8.31. The summed E-state index contributed by atoms with van der Waals surface area (Å²) in [5.74, 6) is -0.263. The van der Waals surface area contributed by atoms with Crippen molar-refractivity contribution in [2.24, 2.45) is 0 Å². The topological polar surface area (TPSA) is 80.1 Å². The Hall–Kier alpha value is -3.06. The zero-order chi connectivity index (χ0) is 19.3. The second-order valence-electron chi connectivity index (χ2n) is 6.97. The first-order valence-corrected chi connectivity index (χ1v) is 9.63. The van der Waals surface area contributed by atoms with Gasteiger partial charge in [0.05, 0.1) is 24.2 Å². The highest BCUT2D eigenvalue weighted by Gasteiger charge is 2.15. The van der Waals surface area contributed by atoms with Gasteiger partial charge < -0.3 is 10.2 Å². The van der Waals surface area contributed by atoms with Crippen LogP contribution in [0.15, 0.2) is 53.5 Å². The number of rotatable bonds is 6. The van der Waals surface area contributed by atoms with E-state index < -0.39 is 0 Å². The SMILES string of the molecule is O=C(NCc1nn(CCN2CCCC2)c(=O)c2ccccc12)c1ccccn1. The fourth-order valence-corrected chi connectivity index (χ4v) is 3.58. The van der Waals surface area contributed by atoms with Crippen LogP contribution in [0.3, 0.4) is 0 Å². The summed E-state index contributed by atoms with van der Waals surface area (Å²) < 4.78 is 1.53. The Morgan fingerprint density at radius 1 is 1.00 bits per heavy atom. The molecule has 3 aromatic rings. The maximum atomic E-state index is 12.8. The molecule has 7 nitrogen and oxygen atoms in total. The number of carbonyl (C=O) groups is 1. The molecule has 7 heteroatoms. The van der Waals surface area contributed by atoms with Gasteiger partial charge in [-0.3, -0.25) is 14.6 Å². The van der Waals surface area contributed by atoms with E-state index in [0.29, 0.717) is 23.3 Å². The van der Waals surface area contributed by atoms with Crippen LogP contribution in [0.25, 0.3) is 10.8 Å². The molecule has 0 saturated carbocycles. The maximum Gasteiger partial charge on any atom is 0.274 e. The quantitative estimate of drug-likeness (QED) is 0.709. The van der Waals surface area contributed by atoms with Crippen LogP contribution in [0.1, 0.15) is 29.0 Å². The predicted octanol–water partition coefficient (Wildman–Crippen LogP) is 1.82. The van der Waals surface area contributed by atoms with Crippen LogP contribution in [0.4, 0.5) is 0 Å². The summed E-state index contributed by atoms with van der Waals surface area (Å²) in [6.45, 7) is 3.75. The van der Waals surface area contributed by atoms with Crippen LogP contribution in [0.2, 0.25) is 0 Å². The summed E-state index contributed by atoms with van der Waals surface area (Å²) in [6, 6.07) is 12.6. The third-order valence-corrected chi connectivity index (χ3v) is 5.08. The first-order chi connectivity index (χ1) is 13.7. The highest BCUT2D eigenvalue weighted by atomic mass is 16.2. The van der Waals surface area contributed by atoms with Crippen LogP contribution < -0.4 is 10.9 Å². The molecule has 1 aliphatic heterocycles. The lowest BCUT2D eigenvalue weighted by Gasteiger charge is -2.16. The van der Waals surface area contributed by atoms with E-state index in [9.17, 15) is 9.59 Å². The fraction of sp³-hybridized carbons (Fsp3) is 0.333. The zero-order valence-corrected chi connectivity index (χ0v) is 15.7. The summed E-state index contributed by atoms with van der Waals surface area (Å²) in [5.41, 5.74) is 0.949. The van der Waals surface area contributed by atoms with Gasteiger partial charge in [-0.05, 0) is 44.1 Å². The molecule has 0 bridgehead atoms. The Morgan fingerprint density at radius 2 is 1.75 bits per heavy atom. The Balaban J connectivity index is 1.58. The Bertz CT molecular complexity index is 1030. The van der Waals surface area contributed by atoms with Crippen LogP contribution in [-0.4, -0.2) is 45.2 Å². The third-order valence-electron chi connectivity index (χ3n) is 5.08. The van der Waals surface area contributed by atoms with Gasteiger partial charge in [0.15, 0.2) is 0 Å². The van der Waals surface area contributed by atoms with Crippen LogP contribution in [-0.2, 0) is 13.1 Å². The molecule has 4 rings (SSSR count). The highest BCUT2D eigenvalue weighted by molar-refractivity contribution is 5.92. The molecule has 0 spiro atoms. The van der Waals surface area contributed by atoms with E-state index in [2.05, 4.69) is 20.3 Å². The van der Waals surface area contributed by atoms with Crippen molar-refractivity contribution < 1.29 is 4.79 Å². The van der Waals surface area contributed by atoms with E-state index in [-0.39, 0.29) is 18.0 Å². The van der Waals surface area contributed by atoms with Gasteiger partial charge in [0.25, 0.3) is 11.5 Å². The molecule has 1 amide bonds. The summed E-state index contributed by atoms with van der Waals surface area (Å²) in [7, 11) is 0. The van der Waals surface area contributed by atoms with Crippen molar-refractivity contribution in [3.05, 3.63) is 70.4 Å². The van der Waals surface area contributed by atoms with Gasteiger partial charge >= 0.3 is 0 Å². The molecule has 28 heavy (non-hydrogen) atoms. The minimum atomic E-state index is -0.263. The smallest absolute Gasteiger partial charge is 0.274 e. The molecular formula is C21H23N5O2. The van der Waals surface area contributed by atoms with Gasteiger partial charge in [0, 0.05) is 18.1 Å². The molecule has 1 aliphatic rings. The molecule has 0 atom stereocenters. The van der Waals surface area contributed by atoms with Gasteiger partial charge in [0.1, 0.15) is 5.69 Å². The minimum absolute atomic E-state index is 0.0883. The molecule has 0 radical (unpaired) electrons. The number of nitrogens with one attached hydrogen (secondary N) is 1. The highest BCUT2D eigenvalue weighted by Crippen LogP contribution is 2.14. The number of hydrogen-bond acceptors (Lipinski definition) is 5. The first-order valence-electron chi connectivity index (χ1n) is 9.63. The molecule has 144 valence electrons. The van der Waals surface area contributed by atoms with E-state index in [0.717, 1.165) is 25.0 Å². The number of amides is 1. The van der Waals surface area contributed by atoms with Crippen molar-refractivity contribution >= 4 is 16.7 Å². The van der Waals surface area contributed by atoms with Gasteiger partial charge in [-0.2, -0.15) is 5.10 Å². The lowest BCUT2D eigenvalue weighted by Crippen LogP contribution is -2.32. The Kier molecular flexibility index (Phi) is 5.43. The summed E-state index contributed by atoms with van der Waals surface area (Å²) in [5, 5.41) is 8.83. The molecule has 3 heterocycles. The van der Waals surface area contributed by atoms with Crippen molar-refractivity contribution in [2.75, 3.05) is 19.6 Å². The molecule has 1 fully saturated rings. The van der Waals surface area contributed by atoms with Gasteiger partial charge in [-0.25, -0.2) is 4.68 Å². The minimum Gasteiger partial charge on any atom is -0.345 e. The van der Waals surface area contributed by atoms with Gasteiger partial charge in [-0.15, -0.1) is 0 Å². The number of nitrogens with zero attached hydrogens (tertiary/aromatic N) is 4. The molecule has 1 N–H and O–H groups in total. The monoisotopic (exact) mass is 377 g/mol. The van der Waals surface area contributed by atoms with E-state index in [1.807, 2.05) is 24.3 Å². The van der Waals surface area contributed by atoms with E-state index >= 15 is 0 Å². The van der Waals surface area contributed by atoms with Gasteiger partial charge in [-0.1, -0.05) is 24.3 Å². The van der Waals surface area contributed by atoms with Crippen molar-refractivity contribution in [1.29, 1.82) is 0 Å². The number of benzene rings is 1. The standard InChI is InChI=1S/C21H23N5O2/c27-20(18-9-3-4-10-22-18)23-15-19-16-7-1-2-8-17(16)21(28)26(24-19)14-13-25-11-5-6-12-25/h1-4,7-10H,5-6,11-15H2,(H,23,27). The summed E-state index contributed by atoms with van der Waals surface area (Å²) in [6.07, 6.45) is 4.01. The lowest BCUT2D eigenvalue weighted by atomic mass is 10.1. The number of likely N-dealkylation sites (tertiary alicyclic amines) is 1. The van der Waals surface area contributed by atoms with Crippen molar-refractivity contribution in [2.45, 2.75) is 25.9 Å². The van der Waals surface area contributed by atoms with Crippen molar-refractivity contribution in [3.8, 4) is 0 Å². The molecular weight excluding hydrogens is 354 g/mol. The molecule has 1 aromatic carbocycles. The normalized spacial score (nSPS) is 14.4. The van der Waals surface area contributed by atoms with Crippen molar-refractivity contribution in [3.63, 3.8) is 0 Å². The summed E-state index contributed by atoms with van der Waals surface area (Å²) >= 11 is 0. The number of aromatic nitrogens is 3. The average molecular weight is 377 g/mol. The lowest BCUT2D eigenvalue weighted by molar-refractivity contribution is 0.0945. The molecule has 0 aliphatic carbocycles. The van der Waals surface area contributed by atoms with Crippen LogP contribution >= 0.6 is 0 Å². The van der Waals surface area contributed by atoms with Crippen molar-refractivity contribution in [1.82, 2.24) is 25.0 Å². The molecule has 0 unspecified atom stereocenters. The summed E-state index contributed by atoms with van der Waals surface area (Å²) in [4.78, 5) is 31.6. The number of carbonyl (C=O) groups excluding carboxylic acids is 1. The third kappa shape index (κ3) is 3.94. The molecule has 1 saturated heterocycles. The maximum absolute atomic E-state index is 12.8. The second-order valence-corrected chi connectivity index (χ2v) is 6.97. The fourth-order valence-electron chi connectivity index (χ4n) is 3.58. The average Bonchev–Trinajstić information content (AvgIpc) is 3.27. The molecule has 2 aromatic heterocycles. The largest absolute Gasteiger partial charge is 0.345 e.